The van der Waals surface area contributed by atoms with Crippen LogP contribution in [0.3, 0.4) is 0 Å². The third kappa shape index (κ3) is 6.65. The summed E-state index contributed by atoms with van der Waals surface area (Å²) in [5, 5.41) is 0. The monoisotopic (exact) mass is 409 g/mol. The van der Waals surface area contributed by atoms with Crippen LogP contribution in [0.15, 0.2) is 67.0 Å². The zero-order valence-corrected chi connectivity index (χ0v) is 16.7. The van der Waals surface area contributed by atoms with E-state index in [0.29, 0.717) is 24.5 Å². The van der Waals surface area contributed by atoms with E-state index in [9.17, 15) is 9.46 Å². The molecule has 0 aliphatic heterocycles. The number of hydrogen-bond acceptors (Lipinski definition) is 6. The van der Waals surface area contributed by atoms with E-state index in [1.54, 1.807) is 12.3 Å². The van der Waals surface area contributed by atoms with E-state index in [1.165, 1.54) is 12.3 Å². The molecular formula is C21H20N3O4P. The molecule has 7 nitrogen and oxygen atoms in total. The standard InChI is InChI=1S/C21H20N3O4P/c1-29(25,26)28-24-15-18(12-13-20(24)22)6-4-5-17-8-10-19(11-9-17)16-27-21-7-2-3-14-23-21/h2-3,7-15,22H,5,16H2,1H3,(H,25,26). The van der Waals surface area contributed by atoms with Crippen molar-refractivity contribution >= 4 is 13.4 Å². The van der Waals surface area contributed by atoms with Crippen LogP contribution in [0.4, 0.5) is 5.82 Å². The van der Waals surface area contributed by atoms with Gasteiger partial charge in [0, 0.05) is 31.4 Å². The van der Waals surface area contributed by atoms with E-state index in [4.69, 9.17) is 15.1 Å². The maximum absolute atomic E-state index is 11.3. The summed E-state index contributed by atoms with van der Waals surface area (Å²) in [6, 6.07) is 16.7. The van der Waals surface area contributed by atoms with Gasteiger partial charge in [-0.05, 0) is 28.0 Å². The molecule has 148 valence electrons. The van der Waals surface area contributed by atoms with Gasteiger partial charge in [0.05, 0.1) is 5.56 Å². The van der Waals surface area contributed by atoms with Gasteiger partial charge < -0.3 is 9.63 Å². The number of hydrogen-bond donors (Lipinski definition) is 1. The van der Waals surface area contributed by atoms with Crippen molar-refractivity contribution in [1.82, 2.24) is 4.98 Å². The molecular weight excluding hydrogens is 389 g/mol. The minimum absolute atomic E-state index is 0.164. The Labute approximate surface area is 169 Å². The van der Waals surface area contributed by atoms with Crippen LogP contribution < -0.4 is 24.7 Å². The van der Waals surface area contributed by atoms with Gasteiger partial charge in [0.25, 0.3) is 0 Å². The molecule has 0 amide bonds. The number of nitrogens with zero attached hydrogens (tertiary/aromatic N) is 2. The van der Waals surface area contributed by atoms with Crippen LogP contribution >= 0.6 is 7.60 Å². The summed E-state index contributed by atoms with van der Waals surface area (Å²) in [6.45, 7) is 1.41. The van der Waals surface area contributed by atoms with Crippen molar-refractivity contribution in [2.75, 3.05) is 12.4 Å². The minimum Gasteiger partial charge on any atom is -0.766 e. The largest absolute Gasteiger partial charge is 0.766 e. The summed E-state index contributed by atoms with van der Waals surface area (Å²) in [6.07, 6.45) is 3.67. The molecule has 0 spiro atoms. The molecule has 0 bridgehead atoms. The lowest BCUT2D eigenvalue weighted by atomic mass is 10.1. The van der Waals surface area contributed by atoms with Gasteiger partial charge in [-0.2, -0.15) is 0 Å². The fraction of sp³-hybridized carbons (Fsp3) is 0.143. The van der Waals surface area contributed by atoms with Gasteiger partial charge in [-0.25, -0.2) is 4.98 Å². The topological polar surface area (TPSA) is 101 Å². The molecule has 1 atom stereocenters. The quantitative estimate of drug-likeness (QED) is 0.378. The lowest BCUT2D eigenvalue weighted by Crippen LogP contribution is -2.45. The summed E-state index contributed by atoms with van der Waals surface area (Å²) in [5.74, 6) is 6.78. The highest BCUT2D eigenvalue weighted by Crippen LogP contribution is 2.24. The molecule has 0 aliphatic carbocycles. The van der Waals surface area contributed by atoms with Crippen LogP contribution in [0.1, 0.15) is 16.7 Å². The summed E-state index contributed by atoms with van der Waals surface area (Å²) in [7, 11) is -3.97. The number of nitrogens with two attached hydrogens (primary N) is 1. The molecule has 8 heteroatoms. The Morgan fingerprint density at radius 2 is 1.90 bits per heavy atom. The predicted molar refractivity (Wildman–Crippen MR) is 107 cm³/mol. The smallest absolute Gasteiger partial charge is 0.312 e. The third-order valence-electron chi connectivity index (χ3n) is 3.75. The van der Waals surface area contributed by atoms with Crippen molar-refractivity contribution < 1.29 is 23.6 Å². The SMILES string of the molecule is CP(=O)([O-])O[n+]1cc(C#CCc2ccc(COc3ccccn3)cc2)ccc1N. The Balaban J connectivity index is 1.59. The van der Waals surface area contributed by atoms with E-state index < -0.39 is 7.60 Å². The average molecular weight is 409 g/mol. The van der Waals surface area contributed by atoms with Crippen molar-refractivity contribution in [2.24, 2.45) is 0 Å². The molecule has 29 heavy (non-hydrogen) atoms. The van der Waals surface area contributed by atoms with Crippen molar-refractivity contribution in [2.45, 2.75) is 13.0 Å². The fourth-order valence-corrected chi connectivity index (χ4v) is 2.85. The number of anilines is 1. The molecule has 1 aromatic carbocycles. The second-order valence-corrected chi connectivity index (χ2v) is 7.98. The fourth-order valence-electron chi connectivity index (χ4n) is 2.39. The highest BCUT2D eigenvalue weighted by atomic mass is 31.2. The molecule has 2 aromatic heterocycles. The zero-order valence-electron chi connectivity index (χ0n) is 15.8. The summed E-state index contributed by atoms with van der Waals surface area (Å²) in [5.41, 5.74) is 8.38. The summed E-state index contributed by atoms with van der Waals surface area (Å²) >= 11 is 0. The Kier molecular flexibility index (Phi) is 6.50. The molecule has 0 fully saturated rings. The summed E-state index contributed by atoms with van der Waals surface area (Å²) in [4.78, 5) is 15.4. The van der Waals surface area contributed by atoms with Crippen LogP contribution in [0.25, 0.3) is 0 Å². The number of ether oxygens (including phenoxy) is 1. The normalized spacial score (nSPS) is 12.3. The van der Waals surface area contributed by atoms with Crippen LogP contribution in [-0.2, 0) is 17.6 Å². The minimum atomic E-state index is -3.97. The first kappa shape index (κ1) is 20.4. The molecule has 1 unspecified atom stereocenters. The van der Waals surface area contributed by atoms with Gasteiger partial charge in [0.1, 0.15) is 6.61 Å². The molecule has 2 heterocycles. The molecule has 0 aliphatic rings. The second-order valence-electron chi connectivity index (χ2n) is 6.27. The van der Waals surface area contributed by atoms with Gasteiger partial charge in [-0.1, -0.05) is 42.2 Å². The number of benzene rings is 1. The Bertz CT molecular complexity index is 1070. The van der Waals surface area contributed by atoms with Crippen molar-refractivity contribution in [3.8, 4) is 17.7 Å². The Morgan fingerprint density at radius 3 is 2.59 bits per heavy atom. The van der Waals surface area contributed by atoms with Gasteiger partial charge in [-0.3, -0.25) is 14.9 Å². The molecule has 0 radical (unpaired) electrons. The number of nitrogen functional groups attached to an aromatic ring is 1. The highest BCUT2D eigenvalue weighted by Gasteiger charge is 2.11. The number of aromatic nitrogens is 2. The van der Waals surface area contributed by atoms with Crippen molar-refractivity contribution in [1.29, 1.82) is 0 Å². The number of pyridine rings is 2. The van der Waals surface area contributed by atoms with Crippen molar-refractivity contribution in [3.05, 3.63) is 83.7 Å². The Hall–Kier alpha value is -3.33. The highest BCUT2D eigenvalue weighted by molar-refractivity contribution is 7.50. The van der Waals surface area contributed by atoms with Crippen LogP contribution in [0, 0.1) is 11.8 Å². The molecule has 2 N–H and O–H groups in total. The van der Waals surface area contributed by atoms with E-state index in [1.807, 2.05) is 42.5 Å². The lowest BCUT2D eigenvalue weighted by Gasteiger charge is -2.15. The summed E-state index contributed by atoms with van der Waals surface area (Å²) < 4.78 is 22.7. The maximum Gasteiger partial charge on any atom is 0.312 e. The first-order valence-electron chi connectivity index (χ1n) is 8.79. The Morgan fingerprint density at radius 1 is 1.14 bits per heavy atom. The zero-order chi connectivity index (χ0) is 20.7. The molecule has 3 aromatic rings. The van der Waals surface area contributed by atoms with Gasteiger partial charge in [-0.15, -0.1) is 0 Å². The lowest BCUT2D eigenvalue weighted by molar-refractivity contribution is -0.850. The average Bonchev–Trinajstić information content (AvgIpc) is 2.69. The van der Waals surface area contributed by atoms with Crippen molar-refractivity contribution in [3.63, 3.8) is 0 Å². The number of rotatable bonds is 6. The first-order chi connectivity index (χ1) is 13.9. The van der Waals surface area contributed by atoms with E-state index in [-0.39, 0.29) is 5.82 Å². The van der Waals surface area contributed by atoms with E-state index in [2.05, 4.69) is 16.8 Å². The molecule has 3 rings (SSSR count). The van der Waals surface area contributed by atoms with E-state index >= 15 is 0 Å². The van der Waals surface area contributed by atoms with Crippen LogP contribution in [0.5, 0.6) is 5.88 Å². The van der Waals surface area contributed by atoms with Gasteiger partial charge in [0.15, 0.2) is 6.20 Å². The molecule has 0 saturated carbocycles. The van der Waals surface area contributed by atoms with E-state index in [0.717, 1.165) is 22.5 Å². The van der Waals surface area contributed by atoms with Gasteiger partial charge >= 0.3 is 5.82 Å². The third-order valence-corrected chi connectivity index (χ3v) is 4.23. The second kappa shape index (κ2) is 9.24. The maximum atomic E-state index is 11.3. The first-order valence-corrected chi connectivity index (χ1v) is 10.8. The van der Waals surface area contributed by atoms with Gasteiger partial charge in [0.2, 0.25) is 13.5 Å². The van der Waals surface area contributed by atoms with Crippen LogP contribution in [0.2, 0.25) is 0 Å². The predicted octanol–water partition coefficient (Wildman–Crippen LogP) is 1.74. The molecule has 0 saturated heterocycles. The van der Waals surface area contributed by atoms with Crippen LogP contribution in [-0.4, -0.2) is 11.6 Å².